The molecule has 0 atom stereocenters. The van der Waals surface area contributed by atoms with Crippen LogP contribution in [-0.2, 0) is 12.1 Å². The van der Waals surface area contributed by atoms with E-state index in [1.807, 2.05) is 12.5 Å². The summed E-state index contributed by atoms with van der Waals surface area (Å²) in [6, 6.07) is 0. The van der Waals surface area contributed by atoms with E-state index in [1.165, 1.54) is 0 Å². The number of imidazole rings is 1. The lowest BCUT2D eigenvalue weighted by molar-refractivity contribution is 0.396. The Labute approximate surface area is 67.2 Å². The fourth-order valence-corrected chi connectivity index (χ4v) is 0.836. The van der Waals surface area contributed by atoms with Crippen molar-refractivity contribution in [1.82, 2.24) is 9.55 Å². The van der Waals surface area contributed by atoms with Crippen LogP contribution in [-0.4, -0.2) is 9.55 Å². The minimum absolute atomic E-state index is 0.112. The Hall–Kier alpha value is -0.830. The van der Waals surface area contributed by atoms with Gasteiger partial charge in [-0.2, -0.15) is 0 Å². The highest BCUT2D eigenvalue weighted by Crippen LogP contribution is 2.13. The Morgan fingerprint density at radius 2 is 2.18 bits per heavy atom. The standard InChI is InChI=1S/C8H15N3/c1-8(2,3)11-5-7(4-9)10-6-11/h5-6H,4,9H2,1-3H3. The number of hydrogen-bond donors (Lipinski definition) is 1. The van der Waals surface area contributed by atoms with Crippen molar-refractivity contribution in [2.45, 2.75) is 32.9 Å². The summed E-state index contributed by atoms with van der Waals surface area (Å²) >= 11 is 0. The molecule has 0 aromatic carbocycles. The number of aromatic nitrogens is 2. The average Bonchev–Trinajstić information content (AvgIpc) is 2.32. The van der Waals surface area contributed by atoms with Gasteiger partial charge in [-0.1, -0.05) is 0 Å². The Balaban J connectivity index is 2.89. The molecule has 2 N–H and O–H groups in total. The molecule has 3 heteroatoms. The molecular formula is C8H15N3. The summed E-state index contributed by atoms with van der Waals surface area (Å²) in [5.41, 5.74) is 6.49. The number of rotatable bonds is 1. The fraction of sp³-hybridized carbons (Fsp3) is 0.625. The highest BCUT2D eigenvalue weighted by atomic mass is 15.1. The highest BCUT2D eigenvalue weighted by Gasteiger charge is 2.12. The Kier molecular flexibility index (Phi) is 2.00. The van der Waals surface area contributed by atoms with E-state index in [9.17, 15) is 0 Å². The van der Waals surface area contributed by atoms with E-state index in [0.717, 1.165) is 5.69 Å². The van der Waals surface area contributed by atoms with Crippen LogP contribution in [0.5, 0.6) is 0 Å². The molecule has 1 rings (SSSR count). The number of nitrogens with two attached hydrogens (primary N) is 1. The summed E-state index contributed by atoms with van der Waals surface area (Å²) in [6.45, 7) is 6.92. The van der Waals surface area contributed by atoms with Crippen LogP contribution in [0.4, 0.5) is 0 Å². The molecule has 0 saturated carbocycles. The average molecular weight is 153 g/mol. The molecule has 0 spiro atoms. The van der Waals surface area contributed by atoms with Gasteiger partial charge in [0.05, 0.1) is 12.0 Å². The third-order valence-corrected chi connectivity index (χ3v) is 1.62. The van der Waals surface area contributed by atoms with Crippen LogP contribution in [0, 0.1) is 0 Å². The van der Waals surface area contributed by atoms with Gasteiger partial charge in [0.15, 0.2) is 0 Å². The van der Waals surface area contributed by atoms with Crippen molar-refractivity contribution in [3.63, 3.8) is 0 Å². The second kappa shape index (κ2) is 2.66. The van der Waals surface area contributed by atoms with Gasteiger partial charge in [-0.05, 0) is 20.8 Å². The zero-order valence-corrected chi connectivity index (χ0v) is 7.33. The van der Waals surface area contributed by atoms with E-state index in [-0.39, 0.29) is 5.54 Å². The molecule has 62 valence electrons. The smallest absolute Gasteiger partial charge is 0.0954 e. The molecule has 0 aliphatic rings. The zero-order chi connectivity index (χ0) is 8.48. The highest BCUT2D eigenvalue weighted by molar-refractivity contribution is 4.98. The quantitative estimate of drug-likeness (QED) is 0.656. The van der Waals surface area contributed by atoms with E-state index >= 15 is 0 Å². The monoisotopic (exact) mass is 153 g/mol. The molecular weight excluding hydrogens is 138 g/mol. The molecule has 3 nitrogen and oxygen atoms in total. The summed E-state index contributed by atoms with van der Waals surface area (Å²) in [4.78, 5) is 4.14. The first-order valence-corrected chi connectivity index (χ1v) is 3.77. The first kappa shape index (κ1) is 8.27. The van der Waals surface area contributed by atoms with E-state index in [4.69, 9.17) is 5.73 Å². The Morgan fingerprint density at radius 1 is 1.55 bits per heavy atom. The molecule has 0 aliphatic carbocycles. The third kappa shape index (κ3) is 1.80. The van der Waals surface area contributed by atoms with Crippen LogP contribution in [0.15, 0.2) is 12.5 Å². The summed E-state index contributed by atoms with van der Waals surface area (Å²) < 4.78 is 2.06. The third-order valence-electron chi connectivity index (χ3n) is 1.62. The van der Waals surface area contributed by atoms with Crippen molar-refractivity contribution < 1.29 is 0 Å². The lowest BCUT2D eigenvalue weighted by Crippen LogP contribution is -2.19. The SMILES string of the molecule is CC(C)(C)n1cnc(CN)c1. The van der Waals surface area contributed by atoms with E-state index in [0.29, 0.717) is 6.54 Å². The number of hydrogen-bond acceptors (Lipinski definition) is 2. The predicted octanol–water partition coefficient (Wildman–Crippen LogP) is 1.10. The van der Waals surface area contributed by atoms with Gasteiger partial charge in [0.1, 0.15) is 0 Å². The molecule has 0 aliphatic heterocycles. The lowest BCUT2D eigenvalue weighted by Gasteiger charge is -2.19. The molecule has 0 unspecified atom stereocenters. The molecule has 1 heterocycles. The second-order valence-corrected chi connectivity index (χ2v) is 3.65. The predicted molar refractivity (Wildman–Crippen MR) is 45.1 cm³/mol. The van der Waals surface area contributed by atoms with Crippen LogP contribution < -0.4 is 5.73 Å². The maximum absolute atomic E-state index is 5.43. The summed E-state index contributed by atoms with van der Waals surface area (Å²) in [7, 11) is 0. The minimum atomic E-state index is 0.112. The Bertz CT molecular complexity index is 232. The van der Waals surface area contributed by atoms with Crippen molar-refractivity contribution in [2.24, 2.45) is 5.73 Å². The van der Waals surface area contributed by atoms with Crippen LogP contribution >= 0.6 is 0 Å². The van der Waals surface area contributed by atoms with Crippen molar-refractivity contribution in [1.29, 1.82) is 0 Å². The normalized spacial score (nSPS) is 12.0. The van der Waals surface area contributed by atoms with Gasteiger partial charge in [0.2, 0.25) is 0 Å². The fourth-order valence-electron chi connectivity index (χ4n) is 0.836. The maximum Gasteiger partial charge on any atom is 0.0954 e. The van der Waals surface area contributed by atoms with Crippen LogP contribution in [0.3, 0.4) is 0 Å². The van der Waals surface area contributed by atoms with Crippen molar-refractivity contribution >= 4 is 0 Å². The molecule has 0 fully saturated rings. The lowest BCUT2D eigenvalue weighted by atomic mass is 10.1. The summed E-state index contributed by atoms with van der Waals surface area (Å²) in [6.07, 6.45) is 3.81. The summed E-state index contributed by atoms with van der Waals surface area (Å²) in [5, 5.41) is 0. The largest absolute Gasteiger partial charge is 0.332 e. The van der Waals surface area contributed by atoms with Crippen LogP contribution in [0.25, 0.3) is 0 Å². The first-order valence-electron chi connectivity index (χ1n) is 3.77. The van der Waals surface area contributed by atoms with Gasteiger partial charge in [0.25, 0.3) is 0 Å². The molecule has 0 bridgehead atoms. The molecule has 0 saturated heterocycles. The van der Waals surface area contributed by atoms with E-state index in [1.54, 1.807) is 0 Å². The topological polar surface area (TPSA) is 43.8 Å². The minimum Gasteiger partial charge on any atom is -0.332 e. The molecule has 1 aromatic heterocycles. The van der Waals surface area contributed by atoms with Crippen molar-refractivity contribution in [3.8, 4) is 0 Å². The maximum atomic E-state index is 5.43. The van der Waals surface area contributed by atoms with Crippen LogP contribution in [0.2, 0.25) is 0 Å². The zero-order valence-electron chi connectivity index (χ0n) is 7.33. The van der Waals surface area contributed by atoms with Crippen LogP contribution in [0.1, 0.15) is 26.5 Å². The van der Waals surface area contributed by atoms with Gasteiger partial charge in [-0.25, -0.2) is 4.98 Å². The van der Waals surface area contributed by atoms with Gasteiger partial charge < -0.3 is 10.3 Å². The van der Waals surface area contributed by atoms with Crippen molar-refractivity contribution in [3.05, 3.63) is 18.2 Å². The first-order chi connectivity index (χ1) is 5.04. The second-order valence-electron chi connectivity index (χ2n) is 3.65. The molecule has 1 aromatic rings. The van der Waals surface area contributed by atoms with E-state index < -0.39 is 0 Å². The molecule has 0 amide bonds. The van der Waals surface area contributed by atoms with Gasteiger partial charge in [-0.15, -0.1) is 0 Å². The summed E-state index contributed by atoms with van der Waals surface area (Å²) in [5.74, 6) is 0. The number of nitrogens with zero attached hydrogens (tertiary/aromatic N) is 2. The van der Waals surface area contributed by atoms with E-state index in [2.05, 4.69) is 30.3 Å². The van der Waals surface area contributed by atoms with Gasteiger partial charge >= 0.3 is 0 Å². The van der Waals surface area contributed by atoms with Gasteiger partial charge in [-0.3, -0.25) is 0 Å². The molecule has 0 radical (unpaired) electrons. The van der Waals surface area contributed by atoms with Crippen molar-refractivity contribution in [2.75, 3.05) is 0 Å². The molecule has 11 heavy (non-hydrogen) atoms. The van der Waals surface area contributed by atoms with Gasteiger partial charge in [0, 0.05) is 18.3 Å². The Morgan fingerprint density at radius 3 is 2.45 bits per heavy atom.